The Hall–Kier alpha value is -1.09. The predicted octanol–water partition coefficient (Wildman–Crippen LogP) is 1.16. The average Bonchev–Trinajstić information content (AvgIpc) is 2.01. The van der Waals surface area contributed by atoms with Crippen LogP contribution in [-0.4, -0.2) is 10.9 Å². The highest BCUT2D eigenvalue weighted by Gasteiger charge is 1.98. The Kier molecular flexibility index (Phi) is 3.05. The SMILES string of the molecule is NC(=O)C[CH]c1cncc(Cl)c1. The third-order valence-electron chi connectivity index (χ3n) is 1.26. The van der Waals surface area contributed by atoms with Crippen molar-refractivity contribution in [3.63, 3.8) is 0 Å². The van der Waals surface area contributed by atoms with Gasteiger partial charge in [0.2, 0.25) is 5.91 Å². The van der Waals surface area contributed by atoms with Gasteiger partial charge in [0.1, 0.15) is 0 Å². The van der Waals surface area contributed by atoms with Crippen LogP contribution in [0.3, 0.4) is 0 Å². The number of halogens is 1. The third kappa shape index (κ3) is 2.88. The summed E-state index contributed by atoms with van der Waals surface area (Å²) in [5.41, 5.74) is 5.76. The Balaban J connectivity index is 2.57. The van der Waals surface area contributed by atoms with E-state index in [9.17, 15) is 4.79 Å². The summed E-state index contributed by atoms with van der Waals surface area (Å²) in [6.45, 7) is 0. The number of hydrogen-bond donors (Lipinski definition) is 1. The quantitative estimate of drug-likeness (QED) is 0.765. The van der Waals surface area contributed by atoms with Gasteiger partial charge in [0.05, 0.1) is 5.02 Å². The zero-order chi connectivity index (χ0) is 8.97. The normalized spacial score (nSPS) is 9.75. The van der Waals surface area contributed by atoms with Gasteiger partial charge < -0.3 is 5.73 Å². The van der Waals surface area contributed by atoms with Crippen LogP contribution in [-0.2, 0) is 4.79 Å². The van der Waals surface area contributed by atoms with E-state index in [1.165, 1.54) is 6.20 Å². The van der Waals surface area contributed by atoms with Crippen molar-refractivity contribution >= 4 is 17.5 Å². The van der Waals surface area contributed by atoms with Crippen LogP contribution in [0.15, 0.2) is 18.5 Å². The molecular weight excluding hydrogens is 176 g/mol. The second-order valence-corrected chi connectivity index (χ2v) is 2.75. The summed E-state index contributed by atoms with van der Waals surface area (Å²) >= 11 is 5.66. The lowest BCUT2D eigenvalue weighted by atomic mass is 10.1. The first kappa shape index (κ1) is 9.00. The zero-order valence-corrected chi connectivity index (χ0v) is 7.08. The largest absolute Gasteiger partial charge is 0.370 e. The van der Waals surface area contributed by atoms with Gasteiger partial charge in [-0.25, -0.2) is 0 Å². The average molecular weight is 184 g/mol. The van der Waals surface area contributed by atoms with Crippen LogP contribution in [0.1, 0.15) is 12.0 Å². The molecule has 1 aromatic heterocycles. The van der Waals surface area contributed by atoms with Gasteiger partial charge in [0.15, 0.2) is 0 Å². The topological polar surface area (TPSA) is 56.0 Å². The van der Waals surface area contributed by atoms with E-state index in [1.807, 2.05) is 0 Å². The van der Waals surface area contributed by atoms with E-state index in [2.05, 4.69) is 4.98 Å². The maximum absolute atomic E-state index is 10.4. The lowest BCUT2D eigenvalue weighted by Crippen LogP contribution is -2.10. The number of nitrogens with zero attached hydrogens (tertiary/aromatic N) is 1. The minimum atomic E-state index is -0.366. The van der Waals surface area contributed by atoms with E-state index in [4.69, 9.17) is 17.3 Å². The summed E-state index contributed by atoms with van der Waals surface area (Å²) in [5, 5.41) is 0.549. The van der Waals surface area contributed by atoms with Crippen LogP contribution in [0.4, 0.5) is 0 Å². The molecule has 0 aliphatic heterocycles. The minimum absolute atomic E-state index is 0.210. The van der Waals surface area contributed by atoms with Crippen molar-refractivity contribution < 1.29 is 4.79 Å². The number of nitrogens with two attached hydrogens (primary N) is 1. The number of carbonyl (C=O) groups excluding carboxylic acids is 1. The molecule has 1 radical (unpaired) electrons. The molecule has 0 saturated heterocycles. The number of aromatic nitrogens is 1. The van der Waals surface area contributed by atoms with Gasteiger partial charge in [0.25, 0.3) is 0 Å². The molecule has 0 saturated carbocycles. The highest BCUT2D eigenvalue weighted by Crippen LogP contribution is 2.10. The van der Waals surface area contributed by atoms with Crippen LogP contribution in [0.5, 0.6) is 0 Å². The number of pyridine rings is 1. The van der Waals surface area contributed by atoms with Crippen molar-refractivity contribution in [2.75, 3.05) is 0 Å². The Morgan fingerprint density at radius 2 is 2.42 bits per heavy atom. The first-order valence-electron chi connectivity index (χ1n) is 3.40. The van der Waals surface area contributed by atoms with E-state index in [0.717, 1.165) is 5.56 Å². The molecule has 0 fully saturated rings. The number of primary amides is 1. The number of hydrogen-bond acceptors (Lipinski definition) is 2. The molecule has 0 atom stereocenters. The summed E-state index contributed by atoms with van der Waals surface area (Å²) in [4.78, 5) is 14.2. The summed E-state index contributed by atoms with van der Waals surface area (Å²) in [5.74, 6) is -0.366. The van der Waals surface area contributed by atoms with Gasteiger partial charge in [-0.15, -0.1) is 0 Å². The number of rotatable bonds is 3. The molecule has 1 amide bonds. The molecule has 1 heterocycles. The van der Waals surface area contributed by atoms with Gasteiger partial charge >= 0.3 is 0 Å². The van der Waals surface area contributed by atoms with Crippen molar-refractivity contribution in [1.82, 2.24) is 4.98 Å². The number of amides is 1. The van der Waals surface area contributed by atoms with Crippen LogP contribution in [0, 0.1) is 6.42 Å². The Morgan fingerprint density at radius 1 is 1.67 bits per heavy atom. The molecule has 1 rings (SSSR count). The molecule has 0 bridgehead atoms. The Labute approximate surface area is 75.6 Å². The highest BCUT2D eigenvalue weighted by atomic mass is 35.5. The van der Waals surface area contributed by atoms with Crippen LogP contribution >= 0.6 is 11.6 Å². The monoisotopic (exact) mass is 183 g/mol. The zero-order valence-electron chi connectivity index (χ0n) is 6.33. The fraction of sp³-hybridized carbons (Fsp3) is 0.125. The van der Waals surface area contributed by atoms with Crippen molar-refractivity contribution in [2.24, 2.45) is 5.73 Å². The maximum Gasteiger partial charge on any atom is 0.218 e. The molecular formula is C8H8ClN2O. The second-order valence-electron chi connectivity index (χ2n) is 2.31. The van der Waals surface area contributed by atoms with Crippen molar-refractivity contribution in [3.05, 3.63) is 35.5 Å². The Bertz CT molecular complexity index is 288. The molecule has 4 heteroatoms. The van der Waals surface area contributed by atoms with Gasteiger partial charge in [0, 0.05) is 25.2 Å². The summed E-state index contributed by atoms with van der Waals surface area (Å²) in [7, 11) is 0. The van der Waals surface area contributed by atoms with E-state index >= 15 is 0 Å². The molecule has 3 nitrogen and oxygen atoms in total. The predicted molar refractivity (Wildman–Crippen MR) is 46.5 cm³/mol. The molecule has 0 aromatic carbocycles. The molecule has 0 spiro atoms. The smallest absolute Gasteiger partial charge is 0.218 e. The van der Waals surface area contributed by atoms with Gasteiger partial charge in [-0.05, 0) is 11.6 Å². The van der Waals surface area contributed by atoms with Crippen molar-refractivity contribution in [3.8, 4) is 0 Å². The second kappa shape index (κ2) is 4.07. The maximum atomic E-state index is 10.4. The summed E-state index contributed by atoms with van der Waals surface area (Å²) in [6, 6.07) is 1.72. The first-order valence-corrected chi connectivity index (χ1v) is 3.78. The van der Waals surface area contributed by atoms with Gasteiger partial charge in [-0.2, -0.15) is 0 Å². The molecule has 0 unspecified atom stereocenters. The summed E-state index contributed by atoms with van der Waals surface area (Å²) < 4.78 is 0. The van der Waals surface area contributed by atoms with E-state index in [0.29, 0.717) is 5.02 Å². The fourth-order valence-corrected chi connectivity index (χ4v) is 0.941. The molecule has 0 aliphatic rings. The van der Waals surface area contributed by atoms with E-state index < -0.39 is 0 Å². The lowest BCUT2D eigenvalue weighted by Gasteiger charge is -1.97. The number of carbonyl (C=O) groups is 1. The van der Waals surface area contributed by atoms with Gasteiger partial charge in [-0.1, -0.05) is 11.6 Å². The molecule has 1 aromatic rings. The van der Waals surface area contributed by atoms with Crippen LogP contribution < -0.4 is 5.73 Å². The summed E-state index contributed by atoms with van der Waals surface area (Å²) in [6.07, 6.45) is 5.04. The Morgan fingerprint density at radius 3 is 3.00 bits per heavy atom. The fourth-order valence-electron chi connectivity index (χ4n) is 0.758. The van der Waals surface area contributed by atoms with Crippen molar-refractivity contribution in [2.45, 2.75) is 6.42 Å². The molecule has 63 valence electrons. The van der Waals surface area contributed by atoms with E-state index in [1.54, 1.807) is 18.7 Å². The molecule has 2 N–H and O–H groups in total. The molecule has 12 heavy (non-hydrogen) atoms. The highest BCUT2D eigenvalue weighted by molar-refractivity contribution is 6.30. The lowest BCUT2D eigenvalue weighted by molar-refractivity contribution is -0.117. The van der Waals surface area contributed by atoms with Gasteiger partial charge in [-0.3, -0.25) is 9.78 Å². The first-order chi connectivity index (χ1) is 5.68. The van der Waals surface area contributed by atoms with Crippen LogP contribution in [0.25, 0.3) is 0 Å². The van der Waals surface area contributed by atoms with Crippen molar-refractivity contribution in [1.29, 1.82) is 0 Å². The van der Waals surface area contributed by atoms with E-state index in [-0.39, 0.29) is 12.3 Å². The third-order valence-corrected chi connectivity index (χ3v) is 1.47. The standard InChI is InChI=1S/C8H8ClN2O/c9-7-3-6(4-11-5-7)1-2-8(10)12/h1,3-5H,2H2,(H2,10,12). The van der Waals surface area contributed by atoms with Crippen LogP contribution in [0.2, 0.25) is 5.02 Å². The molecule has 0 aliphatic carbocycles. The minimum Gasteiger partial charge on any atom is -0.370 e.